The van der Waals surface area contributed by atoms with Crippen molar-refractivity contribution in [3.8, 4) is 0 Å². The van der Waals surface area contributed by atoms with Gasteiger partial charge < -0.3 is 55.1 Å². The van der Waals surface area contributed by atoms with E-state index in [0.29, 0.717) is 0 Å². The van der Waals surface area contributed by atoms with Crippen LogP contribution in [-0.4, -0.2) is 109 Å². The highest BCUT2D eigenvalue weighted by molar-refractivity contribution is 5.04. The molecule has 11 nitrogen and oxygen atoms in total. The van der Waals surface area contributed by atoms with Crippen LogP contribution >= 0.6 is 0 Å². The lowest BCUT2D eigenvalue weighted by molar-refractivity contribution is -0.373. The number of aliphatic hydroxyl groups excluding tert-OH is 8. The quantitative estimate of drug-likeness (QED) is 0.239. The van der Waals surface area contributed by atoms with Crippen molar-refractivity contribution in [2.45, 2.75) is 48.7 Å². The van der Waals surface area contributed by atoms with Gasteiger partial charge in [-0.05, 0) is 0 Å². The first kappa shape index (κ1) is 18.9. The van der Waals surface area contributed by atoms with E-state index in [2.05, 4.69) is 0 Å². The molecule has 2 aliphatic heterocycles. The summed E-state index contributed by atoms with van der Waals surface area (Å²) >= 11 is 0. The van der Waals surface area contributed by atoms with Gasteiger partial charge in [0.2, 0.25) is 5.79 Å². The minimum atomic E-state index is -2.24. The van der Waals surface area contributed by atoms with Crippen molar-refractivity contribution in [1.82, 2.24) is 0 Å². The molecule has 1 radical (unpaired) electrons. The average Bonchev–Trinajstić information content (AvgIpc) is 2.80. The monoisotopic (exact) mass is 341 g/mol. The maximum absolute atomic E-state index is 9.99. The molecule has 0 aromatic heterocycles. The van der Waals surface area contributed by atoms with Crippen LogP contribution in [0.3, 0.4) is 0 Å². The normalized spacial score (nSPS) is 48.8. The molecule has 0 spiro atoms. The summed E-state index contributed by atoms with van der Waals surface area (Å²) in [7, 11) is 0. The minimum absolute atomic E-state index is 0.674. The summed E-state index contributed by atoms with van der Waals surface area (Å²) in [6, 6.07) is 0. The van der Waals surface area contributed by atoms with Gasteiger partial charge in [0.1, 0.15) is 43.2 Å². The van der Waals surface area contributed by atoms with Gasteiger partial charge in [-0.25, -0.2) is 0 Å². The smallest absolute Gasteiger partial charge is 0.224 e. The fraction of sp³-hybridized carbons (Fsp3) is 0.917. The zero-order chi connectivity index (χ0) is 17.4. The number of hydrogen-bond acceptors (Lipinski definition) is 11. The van der Waals surface area contributed by atoms with Crippen molar-refractivity contribution in [3.63, 3.8) is 0 Å². The van der Waals surface area contributed by atoms with Crippen LogP contribution in [0, 0.1) is 6.10 Å². The van der Waals surface area contributed by atoms with E-state index < -0.39 is 74.6 Å². The predicted molar refractivity (Wildman–Crippen MR) is 67.8 cm³/mol. The zero-order valence-electron chi connectivity index (χ0n) is 12.0. The third-order valence-corrected chi connectivity index (χ3v) is 3.93. The molecule has 0 aliphatic carbocycles. The van der Waals surface area contributed by atoms with Crippen molar-refractivity contribution in [2.24, 2.45) is 0 Å². The van der Waals surface area contributed by atoms with E-state index in [-0.39, 0.29) is 0 Å². The van der Waals surface area contributed by atoms with Crippen molar-refractivity contribution in [3.05, 3.63) is 6.10 Å². The predicted octanol–water partition coefficient (Wildman–Crippen LogP) is -4.85. The maximum Gasteiger partial charge on any atom is 0.224 e. The molecule has 8 N–H and O–H groups in total. The molecule has 2 saturated heterocycles. The van der Waals surface area contributed by atoms with Crippen molar-refractivity contribution < 1.29 is 55.1 Å². The fourth-order valence-electron chi connectivity index (χ4n) is 2.53. The maximum atomic E-state index is 9.99. The number of hydrogen-bond donors (Lipinski definition) is 8. The van der Waals surface area contributed by atoms with Crippen molar-refractivity contribution >= 4 is 0 Å². The van der Waals surface area contributed by atoms with Gasteiger partial charge in [-0.3, -0.25) is 0 Å². The Balaban J connectivity index is 2.18. The molecule has 11 heteroatoms. The summed E-state index contributed by atoms with van der Waals surface area (Å²) in [5.74, 6) is -2.24. The molecule has 2 rings (SSSR count). The van der Waals surface area contributed by atoms with E-state index in [1.165, 1.54) is 0 Å². The van der Waals surface area contributed by atoms with Gasteiger partial charge in [-0.2, -0.15) is 0 Å². The molecule has 0 saturated carbocycles. The first-order valence-electron chi connectivity index (χ1n) is 6.93. The first-order chi connectivity index (χ1) is 10.8. The summed E-state index contributed by atoms with van der Waals surface area (Å²) < 4.78 is 15.4. The topological polar surface area (TPSA) is 190 Å². The molecular formula is C12H21O11. The standard InChI is InChI=1S/C12H21O11/c13-1-4-6(16)8(18)9(19)11(21-4)23-12(3-15)10(20)7(17)5(2-14)22-12/h4-7,9-11,13-20H,1-3H2/t4-,5-,6-,7-,9-,10+,11-,12+/m1/s1. The zero-order valence-corrected chi connectivity index (χ0v) is 12.0. The van der Waals surface area contributed by atoms with Gasteiger partial charge >= 0.3 is 0 Å². The van der Waals surface area contributed by atoms with Crippen LogP contribution in [0.15, 0.2) is 0 Å². The van der Waals surface area contributed by atoms with E-state index in [0.717, 1.165) is 0 Å². The molecule has 2 fully saturated rings. The van der Waals surface area contributed by atoms with Crippen LogP contribution in [0.2, 0.25) is 0 Å². The summed E-state index contributed by atoms with van der Waals surface area (Å²) in [5, 5.41) is 76.5. The number of aliphatic hydroxyl groups is 8. The van der Waals surface area contributed by atoms with Crippen LogP contribution in [0.5, 0.6) is 0 Å². The second-order valence-electron chi connectivity index (χ2n) is 5.40. The highest BCUT2D eigenvalue weighted by atomic mass is 16.8. The molecular weight excluding hydrogens is 320 g/mol. The molecule has 0 aromatic rings. The second-order valence-corrected chi connectivity index (χ2v) is 5.40. The number of rotatable bonds is 5. The van der Waals surface area contributed by atoms with Crippen LogP contribution < -0.4 is 0 Å². The lowest BCUT2D eigenvalue weighted by Crippen LogP contribution is -2.60. The molecule has 8 atom stereocenters. The molecule has 0 unspecified atom stereocenters. The Bertz CT molecular complexity index is 393. The molecule has 0 amide bonds. The lowest BCUT2D eigenvalue weighted by Gasteiger charge is -2.42. The summed E-state index contributed by atoms with van der Waals surface area (Å²) in [5.41, 5.74) is 0. The van der Waals surface area contributed by atoms with E-state index in [1.807, 2.05) is 0 Å². The van der Waals surface area contributed by atoms with Gasteiger partial charge in [-0.15, -0.1) is 0 Å². The molecule has 0 bridgehead atoms. The molecule has 0 aromatic carbocycles. The van der Waals surface area contributed by atoms with Gasteiger partial charge in [0.05, 0.1) is 13.2 Å². The number of ether oxygens (including phenoxy) is 3. The van der Waals surface area contributed by atoms with Crippen molar-refractivity contribution in [2.75, 3.05) is 19.8 Å². The average molecular weight is 341 g/mol. The Morgan fingerprint density at radius 1 is 0.957 bits per heavy atom. The Morgan fingerprint density at radius 2 is 1.57 bits per heavy atom. The van der Waals surface area contributed by atoms with E-state index in [1.54, 1.807) is 0 Å². The SMILES string of the molecule is OC[C@H]1O[C@@](CO)(O[C@H]2O[C@H](CO)[C@@H](O)[C](O)[C@H]2O)[C@@H](O)[C@@H]1O. The Kier molecular flexibility index (Phi) is 5.92. The van der Waals surface area contributed by atoms with Crippen molar-refractivity contribution in [1.29, 1.82) is 0 Å². The summed E-state index contributed by atoms with van der Waals surface area (Å²) in [6.07, 6.45) is -12.0. The van der Waals surface area contributed by atoms with Gasteiger partial charge in [0.25, 0.3) is 0 Å². The Labute approximate surface area is 130 Å². The second kappa shape index (κ2) is 7.21. The summed E-state index contributed by atoms with van der Waals surface area (Å²) in [4.78, 5) is 0. The van der Waals surface area contributed by atoms with E-state index in [9.17, 15) is 30.6 Å². The highest BCUT2D eigenvalue weighted by Crippen LogP contribution is 2.36. The lowest BCUT2D eigenvalue weighted by atomic mass is 9.99. The molecule has 23 heavy (non-hydrogen) atoms. The third kappa shape index (κ3) is 3.23. The molecule has 135 valence electrons. The van der Waals surface area contributed by atoms with E-state index >= 15 is 0 Å². The Hall–Kier alpha value is -0.440. The van der Waals surface area contributed by atoms with Gasteiger partial charge in [0, 0.05) is 0 Å². The molecule has 2 aliphatic rings. The minimum Gasteiger partial charge on any atom is -0.394 e. The Morgan fingerprint density at radius 3 is 2.04 bits per heavy atom. The summed E-state index contributed by atoms with van der Waals surface area (Å²) in [6.45, 7) is -2.36. The highest BCUT2D eigenvalue weighted by Gasteiger charge is 2.58. The van der Waals surface area contributed by atoms with Gasteiger partial charge in [-0.1, -0.05) is 0 Å². The van der Waals surface area contributed by atoms with Crippen LogP contribution in [0.4, 0.5) is 0 Å². The fourth-order valence-corrected chi connectivity index (χ4v) is 2.53. The van der Waals surface area contributed by atoms with Crippen LogP contribution in [0.25, 0.3) is 0 Å². The first-order valence-corrected chi connectivity index (χ1v) is 6.93. The van der Waals surface area contributed by atoms with Crippen LogP contribution in [0.1, 0.15) is 0 Å². The van der Waals surface area contributed by atoms with E-state index in [4.69, 9.17) is 24.4 Å². The third-order valence-electron chi connectivity index (χ3n) is 3.93. The largest absolute Gasteiger partial charge is 0.394 e. The van der Waals surface area contributed by atoms with Crippen LogP contribution in [-0.2, 0) is 14.2 Å². The van der Waals surface area contributed by atoms with Gasteiger partial charge in [0.15, 0.2) is 12.4 Å². The molecule has 2 heterocycles.